The Morgan fingerprint density at radius 2 is 2.33 bits per heavy atom. The third-order valence-corrected chi connectivity index (χ3v) is 3.38. The predicted molar refractivity (Wildman–Crippen MR) is 67.9 cm³/mol. The summed E-state index contributed by atoms with van der Waals surface area (Å²) in [5, 5.41) is 0.465. The van der Waals surface area contributed by atoms with Gasteiger partial charge in [-0.2, -0.15) is 0 Å². The summed E-state index contributed by atoms with van der Waals surface area (Å²) in [5.74, 6) is 0.264. The second-order valence-electron chi connectivity index (χ2n) is 4.05. The summed E-state index contributed by atoms with van der Waals surface area (Å²) in [7, 11) is 0. The molecule has 1 saturated heterocycles. The fourth-order valence-electron chi connectivity index (χ4n) is 1.75. The van der Waals surface area contributed by atoms with E-state index in [-0.39, 0.29) is 17.6 Å². The van der Waals surface area contributed by atoms with Gasteiger partial charge in [0.25, 0.3) is 0 Å². The third kappa shape index (κ3) is 2.98. The summed E-state index contributed by atoms with van der Waals surface area (Å²) in [6.07, 6.45) is 1.22. The number of thioether (sulfide) groups is 1. The zero-order valence-electron chi connectivity index (χ0n) is 10.0. The van der Waals surface area contributed by atoms with Crippen LogP contribution in [-0.4, -0.2) is 39.0 Å². The van der Waals surface area contributed by atoms with Crippen molar-refractivity contribution in [2.45, 2.75) is 24.9 Å². The number of carbonyl (C=O) groups is 2. The van der Waals surface area contributed by atoms with Crippen LogP contribution < -0.4 is 5.73 Å². The summed E-state index contributed by atoms with van der Waals surface area (Å²) in [4.78, 5) is 32.7. The fourth-order valence-corrected chi connectivity index (χ4v) is 2.53. The number of nitrogen functional groups attached to an aromatic ring is 1. The molecule has 1 aliphatic rings. The molecule has 0 spiro atoms. The van der Waals surface area contributed by atoms with E-state index in [9.17, 15) is 9.59 Å². The van der Waals surface area contributed by atoms with Crippen LogP contribution in [0.25, 0.3) is 0 Å². The highest BCUT2D eigenvalue weighted by Crippen LogP contribution is 2.17. The first kappa shape index (κ1) is 12.8. The molecule has 0 radical (unpaired) electrons. The minimum Gasteiger partial charge on any atom is -0.384 e. The van der Waals surface area contributed by atoms with Gasteiger partial charge in [0.1, 0.15) is 5.82 Å². The molecule has 2 N–H and O–H groups in total. The first-order chi connectivity index (χ1) is 8.56. The summed E-state index contributed by atoms with van der Waals surface area (Å²) >= 11 is 1.20. The molecule has 0 aliphatic carbocycles. The van der Waals surface area contributed by atoms with Crippen LogP contribution in [0.15, 0.2) is 11.2 Å². The molecule has 0 atom stereocenters. The van der Waals surface area contributed by atoms with E-state index in [1.54, 1.807) is 6.07 Å². The quantitative estimate of drug-likeness (QED) is 0.637. The molecule has 7 heteroatoms. The van der Waals surface area contributed by atoms with Crippen LogP contribution in [0.5, 0.6) is 0 Å². The van der Waals surface area contributed by atoms with E-state index in [4.69, 9.17) is 5.73 Å². The van der Waals surface area contributed by atoms with Gasteiger partial charge >= 0.3 is 0 Å². The van der Waals surface area contributed by atoms with Crippen molar-refractivity contribution >= 4 is 29.4 Å². The monoisotopic (exact) mass is 266 g/mol. The number of nitrogens with zero attached hydrogens (tertiary/aromatic N) is 3. The lowest BCUT2D eigenvalue weighted by Crippen LogP contribution is -2.33. The van der Waals surface area contributed by atoms with Gasteiger partial charge in [-0.05, 0) is 13.3 Å². The van der Waals surface area contributed by atoms with Crippen molar-refractivity contribution in [3.63, 3.8) is 0 Å². The van der Waals surface area contributed by atoms with Gasteiger partial charge in [-0.1, -0.05) is 11.8 Å². The topological polar surface area (TPSA) is 89.2 Å². The molecule has 2 rings (SSSR count). The van der Waals surface area contributed by atoms with E-state index in [2.05, 4.69) is 9.97 Å². The lowest BCUT2D eigenvalue weighted by molar-refractivity contribution is -0.140. The largest absolute Gasteiger partial charge is 0.384 e. The number of aryl methyl sites for hydroxylation is 1. The average Bonchev–Trinajstić information content (AvgIpc) is 2.71. The Morgan fingerprint density at radius 3 is 2.94 bits per heavy atom. The highest BCUT2D eigenvalue weighted by atomic mass is 32.2. The molecule has 1 aromatic rings. The summed E-state index contributed by atoms with van der Waals surface area (Å²) in [5.41, 5.74) is 6.36. The number of carbonyl (C=O) groups excluding carboxylic acids is 2. The second kappa shape index (κ2) is 5.34. The number of nitrogens with two attached hydrogens (primary N) is 1. The van der Waals surface area contributed by atoms with Gasteiger partial charge < -0.3 is 5.73 Å². The Bertz CT molecular complexity index is 472. The van der Waals surface area contributed by atoms with Crippen LogP contribution in [0.1, 0.15) is 18.5 Å². The van der Waals surface area contributed by atoms with Gasteiger partial charge in [-0.3, -0.25) is 14.5 Å². The van der Waals surface area contributed by atoms with Crippen LogP contribution in [0, 0.1) is 6.92 Å². The first-order valence-corrected chi connectivity index (χ1v) is 6.62. The molecule has 18 heavy (non-hydrogen) atoms. The second-order valence-corrected chi connectivity index (χ2v) is 4.99. The standard InChI is InChI=1S/C11H14N4O2S/c1-7-5-8(12)14-11(13-7)18-6-10(17)15-4-2-3-9(15)16/h5H,2-4,6H2,1H3,(H2,12,13,14). The Balaban J connectivity index is 1.95. The van der Waals surface area contributed by atoms with Crippen molar-refractivity contribution in [3.8, 4) is 0 Å². The Morgan fingerprint density at radius 1 is 1.56 bits per heavy atom. The number of amides is 2. The number of rotatable bonds is 3. The van der Waals surface area contributed by atoms with Gasteiger partial charge in [0.15, 0.2) is 5.16 Å². The zero-order chi connectivity index (χ0) is 13.1. The van der Waals surface area contributed by atoms with Gasteiger partial charge in [0.05, 0.1) is 5.75 Å². The van der Waals surface area contributed by atoms with Crippen LogP contribution in [0.4, 0.5) is 5.82 Å². The molecular formula is C11H14N4O2S. The summed E-state index contributed by atoms with van der Waals surface area (Å²) in [6.45, 7) is 2.34. The molecular weight excluding hydrogens is 252 g/mol. The molecule has 0 aromatic carbocycles. The summed E-state index contributed by atoms with van der Waals surface area (Å²) in [6, 6.07) is 1.66. The molecule has 1 aromatic heterocycles. The van der Waals surface area contributed by atoms with Crippen LogP contribution >= 0.6 is 11.8 Å². The van der Waals surface area contributed by atoms with Crippen molar-refractivity contribution in [2.24, 2.45) is 0 Å². The smallest absolute Gasteiger partial charge is 0.239 e. The van der Waals surface area contributed by atoms with Crippen molar-refractivity contribution < 1.29 is 9.59 Å². The molecule has 6 nitrogen and oxygen atoms in total. The molecule has 2 heterocycles. The zero-order valence-corrected chi connectivity index (χ0v) is 10.9. The number of hydrogen-bond donors (Lipinski definition) is 1. The maximum atomic E-state index is 11.8. The number of imide groups is 1. The average molecular weight is 266 g/mol. The van der Waals surface area contributed by atoms with E-state index in [0.29, 0.717) is 23.9 Å². The minimum absolute atomic E-state index is 0.0923. The first-order valence-electron chi connectivity index (χ1n) is 5.63. The van der Waals surface area contributed by atoms with Gasteiger partial charge in [-0.15, -0.1) is 0 Å². The molecule has 0 saturated carbocycles. The van der Waals surface area contributed by atoms with E-state index >= 15 is 0 Å². The van der Waals surface area contributed by atoms with Crippen LogP contribution in [-0.2, 0) is 9.59 Å². The van der Waals surface area contributed by atoms with Crippen LogP contribution in [0.3, 0.4) is 0 Å². The SMILES string of the molecule is Cc1cc(N)nc(SCC(=O)N2CCCC2=O)n1. The Hall–Kier alpha value is -1.63. The highest BCUT2D eigenvalue weighted by molar-refractivity contribution is 7.99. The molecule has 1 aliphatic heterocycles. The van der Waals surface area contributed by atoms with Crippen molar-refractivity contribution in [3.05, 3.63) is 11.8 Å². The number of aromatic nitrogens is 2. The Kier molecular flexibility index (Phi) is 3.81. The van der Waals surface area contributed by atoms with Crippen molar-refractivity contribution in [2.75, 3.05) is 18.0 Å². The van der Waals surface area contributed by atoms with Crippen molar-refractivity contribution in [1.82, 2.24) is 14.9 Å². The number of likely N-dealkylation sites (tertiary alicyclic amines) is 1. The fraction of sp³-hybridized carbons (Fsp3) is 0.455. The lowest BCUT2D eigenvalue weighted by atomic mass is 10.4. The van der Waals surface area contributed by atoms with E-state index in [0.717, 1.165) is 12.1 Å². The van der Waals surface area contributed by atoms with E-state index in [1.807, 2.05) is 6.92 Å². The molecule has 2 amide bonds. The van der Waals surface area contributed by atoms with Gasteiger partial charge in [0.2, 0.25) is 11.8 Å². The normalized spacial score (nSPS) is 15.2. The minimum atomic E-state index is -0.189. The highest BCUT2D eigenvalue weighted by Gasteiger charge is 2.26. The molecule has 96 valence electrons. The predicted octanol–water partition coefficient (Wildman–Crippen LogP) is 0.608. The molecule has 0 unspecified atom stereocenters. The lowest BCUT2D eigenvalue weighted by Gasteiger charge is -2.12. The van der Waals surface area contributed by atoms with E-state index in [1.165, 1.54) is 16.7 Å². The maximum absolute atomic E-state index is 11.8. The maximum Gasteiger partial charge on any atom is 0.239 e. The van der Waals surface area contributed by atoms with Gasteiger partial charge in [0, 0.05) is 24.7 Å². The van der Waals surface area contributed by atoms with Crippen molar-refractivity contribution in [1.29, 1.82) is 0 Å². The Labute approximate surface area is 109 Å². The third-order valence-electron chi connectivity index (χ3n) is 2.55. The number of hydrogen-bond acceptors (Lipinski definition) is 6. The molecule has 1 fully saturated rings. The molecule has 0 bridgehead atoms. The summed E-state index contributed by atoms with van der Waals surface area (Å²) < 4.78 is 0. The number of anilines is 1. The van der Waals surface area contributed by atoms with Gasteiger partial charge in [-0.25, -0.2) is 9.97 Å². The van der Waals surface area contributed by atoms with Crippen LogP contribution in [0.2, 0.25) is 0 Å². The van der Waals surface area contributed by atoms with E-state index < -0.39 is 0 Å².